The van der Waals surface area contributed by atoms with Gasteiger partial charge in [0.2, 0.25) is 10.0 Å². The van der Waals surface area contributed by atoms with Gasteiger partial charge in [0.25, 0.3) is 0 Å². The Bertz CT molecular complexity index is 951. The molecule has 136 valence electrons. The van der Waals surface area contributed by atoms with E-state index in [1.54, 1.807) is 31.4 Å². The highest BCUT2D eigenvalue weighted by Gasteiger charge is 2.22. The van der Waals surface area contributed by atoms with Gasteiger partial charge in [0.05, 0.1) is 19.1 Å². The quantitative estimate of drug-likeness (QED) is 0.777. The number of sulfonamides is 1. The first-order chi connectivity index (χ1) is 11.7. The number of methoxy groups -OCH3 is 2. The lowest BCUT2D eigenvalue weighted by molar-refractivity contribution is 0.401. The predicted molar refractivity (Wildman–Crippen MR) is 93.1 cm³/mol. The number of rotatable bonds is 7. The summed E-state index contributed by atoms with van der Waals surface area (Å²) in [5, 5.41) is 0. The Morgan fingerprint density at radius 2 is 1.56 bits per heavy atom. The van der Waals surface area contributed by atoms with Crippen LogP contribution < -0.4 is 14.2 Å². The normalized spacial score (nSPS) is 12.0. The lowest BCUT2D eigenvalue weighted by Gasteiger charge is -2.12. The van der Waals surface area contributed by atoms with Crippen molar-refractivity contribution in [3.05, 3.63) is 48.0 Å². The Hall–Kier alpha value is -2.10. The van der Waals surface area contributed by atoms with Crippen LogP contribution in [0.3, 0.4) is 0 Å². The third kappa shape index (κ3) is 4.71. The number of nitrogens with one attached hydrogen (secondary N) is 1. The maximum Gasteiger partial charge on any atom is 0.244 e. The van der Waals surface area contributed by atoms with Gasteiger partial charge in [0.15, 0.2) is 9.84 Å². The summed E-state index contributed by atoms with van der Waals surface area (Å²) in [5.74, 6) is 0.726. The van der Waals surface area contributed by atoms with Gasteiger partial charge in [-0.3, -0.25) is 0 Å². The first-order valence-electron chi connectivity index (χ1n) is 7.18. The molecule has 2 aromatic rings. The van der Waals surface area contributed by atoms with Gasteiger partial charge in [-0.2, -0.15) is 0 Å². The summed E-state index contributed by atoms with van der Waals surface area (Å²) in [7, 11) is -4.66. The number of benzene rings is 2. The molecule has 0 heterocycles. The van der Waals surface area contributed by atoms with Crippen LogP contribution in [0.15, 0.2) is 52.3 Å². The van der Waals surface area contributed by atoms with Crippen LogP contribution in [-0.4, -0.2) is 37.3 Å². The fourth-order valence-corrected chi connectivity index (χ4v) is 4.03. The highest BCUT2D eigenvalue weighted by Crippen LogP contribution is 2.27. The highest BCUT2D eigenvalue weighted by molar-refractivity contribution is 7.91. The van der Waals surface area contributed by atoms with E-state index in [0.717, 1.165) is 17.9 Å². The Kier molecular flexibility index (Phi) is 5.71. The molecule has 0 unspecified atom stereocenters. The van der Waals surface area contributed by atoms with E-state index in [0.29, 0.717) is 5.75 Å². The van der Waals surface area contributed by atoms with Crippen molar-refractivity contribution < 1.29 is 26.3 Å². The highest BCUT2D eigenvalue weighted by atomic mass is 32.2. The third-order valence-electron chi connectivity index (χ3n) is 3.48. The Morgan fingerprint density at radius 3 is 2.08 bits per heavy atom. The molecule has 0 aliphatic carbocycles. The summed E-state index contributed by atoms with van der Waals surface area (Å²) in [6.45, 7) is 0.0403. The van der Waals surface area contributed by atoms with Gasteiger partial charge < -0.3 is 9.47 Å². The van der Waals surface area contributed by atoms with Crippen LogP contribution in [0.4, 0.5) is 0 Å². The van der Waals surface area contributed by atoms with Crippen LogP contribution in [-0.2, 0) is 26.4 Å². The minimum absolute atomic E-state index is 0.0403. The summed E-state index contributed by atoms with van der Waals surface area (Å²) in [4.78, 5) is -0.329. The van der Waals surface area contributed by atoms with Gasteiger partial charge in [0.1, 0.15) is 16.4 Å². The second-order valence-electron chi connectivity index (χ2n) is 5.26. The zero-order chi connectivity index (χ0) is 18.7. The Balaban J connectivity index is 2.31. The molecule has 7 nitrogen and oxygen atoms in total. The number of hydrogen-bond donors (Lipinski definition) is 1. The maximum atomic E-state index is 12.6. The number of sulfone groups is 1. The Labute approximate surface area is 147 Å². The van der Waals surface area contributed by atoms with Gasteiger partial charge in [-0.25, -0.2) is 21.6 Å². The molecular weight excluding hydrogens is 366 g/mol. The molecule has 0 aliphatic heterocycles. The third-order valence-corrected chi connectivity index (χ3v) is 6.01. The molecule has 0 radical (unpaired) electrons. The summed E-state index contributed by atoms with van der Waals surface area (Å²) >= 11 is 0. The average molecular weight is 385 g/mol. The minimum Gasteiger partial charge on any atom is -0.497 e. The van der Waals surface area contributed by atoms with Crippen LogP contribution in [0.5, 0.6) is 11.5 Å². The molecule has 0 saturated carbocycles. The molecule has 0 bridgehead atoms. The van der Waals surface area contributed by atoms with Crippen molar-refractivity contribution in [2.45, 2.75) is 16.3 Å². The minimum atomic E-state index is -3.97. The van der Waals surface area contributed by atoms with E-state index < -0.39 is 19.9 Å². The zero-order valence-electron chi connectivity index (χ0n) is 14.0. The van der Waals surface area contributed by atoms with Crippen LogP contribution in [0.25, 0.3) is 0 Å². The summed E-state index contributed by atoms with van der Waals surface area (Å²) < 4.78 is 61.1. The van der Waals surface area contributed by atoms with Crippen molar-refractivity contribution in [1.82, 2.24) is 4.72 Å². The summed E-state index contributed by atoms with van der Waals surface area (Å²) in [6, 6.07) is 10.6. The predicted octanol–water partition coefficient (Wildman–Crippen LogP) is 1.59. The van der Waals surface area contributed by atoms with Crippen LogP contribution >= 0.6 is 0 Å². The molecule has 1 N–H and O–H groups in total. The van der Waals surface area contributed by atoms with Gasteiger partial charge in [-0.1, -0.05) is 12.1 Å². The van der Waals surface area contributed by atoms with E-state index in [1.807, 2.05) is 0 Å². The van der Waals surface area contributed by atoms with Gasteiger partial charge in [-0.15, -0.1) is 0 Å². The van der Waals surface area contributed by atoms with Crippen molar-refractivity contribution in [3.63, 3.8) is 0 Å². The average Bonchev–Trinajstić information content (AvgIpc) is 2.59. The van der Waals surface area contributed by atoms with E-state index in [1.165, 1.54) is 19.2 Å². The molecule has 2 aromatic carbocycles. The van der Waals surface area contributed by atoms with Gasteiger partial charge in [0, 0.05) is 12.8 Å². The van der Waals surface area contributed by atoms with Crippen molar-refractivity contribution in [2.24, 2.45) is 0 Å². The van der Waals surface area contributed by atoms with Crippen molar-refractivity contribution in [1.29, 1.82) is 0 Å². The molecule has 2 rings (SSSR count). The first kappa shape index (κ1) is 19.2. The fourth-order valence-electron chi connectivity index (χ4n) is 2.10. The van der Waals surface area contributed by atoms with Crippen LogP contribution in [0.1, 0.15) is 5.56 Å². The Morgan fingerprint density at radius 1 is 0.920 bits per heavy atom. The van der Waals surface area contributed by atoms with E-state index in [2.05, 4.69) is 4.72 Å². The molecule has 0 atom stereocenters. The van der Waals surface area contributed by atoms with E-state index in [9.17, 15) is 16.8 Å². The SMILES string of the molecule is COc1ccc(CNS(=O)(=O)c2cc(S(C)(=O)=O)ccc2OC)cc1. The molecular formula is C16H19NO6S2. The lowest BCUT2D eigenvalue weighted by Crippen LogP contribution is -2.24. The molecule has 0 fully saturated rings. The van der Waals surface area contributed by atoms with Crippen molar-refractivity contribution >= 4 is 19.9 Å². The smallest absolute Gasteiger partial charge is 0.244 e. The summed E-state index contributed by atoms with van der Waals surface area (Å²) in [5.41, 5.74) is 0.725. The van der Waals surface area contributed by atoms with E-state index in [4.69, 9.17) is 9.47 Å². The summed E-state index contributed by atoms with van der Waals surface area (Å²) in [6.07, 6.45) is 1.01. The van der Waals surface area contributed by atoms with Crippen LogP contribution in [0.2, 0.25) is 0 Å². The first-order valence-corrected chi connectivity index (χ1v) is 10.6. The van der Waals surface area contributed by atoms with Gasteiger partial charge in [-0.05, 0) is 35.9 Å². The fraction of sp³-hybridized carbons (Fsp3) is 0.250. The molecule has 25 heavy (non-hydrogen) atoms. The number of ether oxygens (including phenoxy) is 2. The van der Waals surface area contributed by atoms with Crippen LogP contribution in [0, 0.1) is 0 Å². The van der Waals surface area contributed by atoms with Crippen molar-refractivity contribution in [3.8, 4) is 11.5 Å². The van der Waals surface area contributed by atoms with E-state index in [-0.39, 0.29) is 22.1 Å². The molecule has 0 spiro atoms. The standard InChI is InChI=1S/C16H19NO6S2/c1-22-13-6-4-12(5-7-13)11-17-25(20,21)16-10-14(24(3,18)19)8-9-15(16)23-2/h4-10,17H,11H2,1-3H3. The van der Waals surface area contributed by atoms with Gasteiger partial charge >= 0.3 is 0 Å². The lowest BCUT2D eigenvalue weighted by atomic mass is 10.2. The monoisotopic (exact) mass is 385 g/mol. The molecule has 0 saturated heterocycles. The second kappa shape index (κ2) is 7.42. The largest absolute Gasteiger partial charge is 0.497 e. The van der Waals surface area contributed by atoms with Crippen molar-refractivity contribution in [2.75, 3.05) is 20.5 Å². The maximum absolute atomic E-state index is 12.6. The second-order valence-corrected chi connectivity index (χ2v) is 9.01. The van der Waals surface area contributed by atoms with E-state index >= 15 is 0 Å². The molecule has 9 heteroatoms. The molecule has 0 aliphatic rings. The number of hydrogen-bond acceptors (Lipinski definition) is 6. The topological polar surface area (TPSA) is 98.8 Å². The molecule has 0 aromatic heterocycles. The molecule has 0 amide bonds. The zero-order valence-corrected chi connectivity index (χ0v) is 15.6.